The number of aromatic nitrogens is 3. The highest BCUT2D eigenvalue weighted by atomic mass is 19.4. The van der Waals surface area contributed by atoms with E-state index in [2.05, 4.69) is 27.0 Å². The van der Waals surface area contributed by atoms with E-state index in [0.29, 0.717) is 5.54 Å². The van der Waals surface area contributed by atoms with Crippen LogP contribution in [0.5, 0.6) is 0 Å². The van der Waals surface area contributed by atoms with Crippen molar-refractivity contribution >= 4 is 5.97 Å². The van der Waals surface area contributed by atoms with Gasteiger partial charge in [-0.1, -0.05) is 6.92 Å². The van der Waals surface area contributed by atoms with Gasteiger partial charge in [0.05, 0.1) is 0 Å². The van der Waals surface area contributed by atoms with Crippen molar-refractivity contribution in [3.8, 4) is 0 Å². The average Bonchev–Trinajstić information content (AvgIpc) is 2.78. The first-order chi connectivity index (χ1) is 9.70. The maximum absolute atomic E-state index is 10.6. The van der Waals surface area contributed by atoms with Crippen LogP contribution in [0.1, 0.15) is 26.2 Å². The van der Waals surface area contributed by atoms with Crippen LogP contribution in [0.2, 0.25) is 0 Å². The summed E-state index contributed by atoms with van der Waals surface area (Å²) < 4.78 is 33.8. The van der Waals surface area contributed by atoms with Gasteiger partial charge in [-0.2, -0.15) is 13.2 Å². The summed E-state index contributed by atoms with van der Waals surface area (Å²) in [4.78, 5) is 8.90. The second-order valence-electron chi connectivity index (χ2n) is 5.81. The first-order valence-corrected chi connectivity index (χ1v) is 6.60. The van der Waals surface area contributed by atoms with Gasteiger partial charge in [-0.15, -0.1) is 10.2 Å². The lowest BCUT2D eigenvalue weighted by Gasteiger charge is -2.56. The first kappa shape index (κ1) is 15.7. The topological polar surface area (TPSA) is 80.0 Å². The third-order valence-electron chi connectivity index (χ3n) is 3.77. The molecule has 1 aliphatic carbocycles. The molecule has 0 radical (unpaired) electrons. The zero-order valence-electron chi connectivity index (χ0n) is 11.5. The van der Waals surface area contributed by atoms with Gasteiger partial charge < -0.3 is 15.0 Å². The average molecular weight is 306 g/mol. The fourth-order valence-corrected chi connectivity index (χ4v) is 3.23. The quantitative estimate of drug-likeness (QED) is 0.864. The summed E-state index contributed by atoms with van der Waals surface area (Å²) in [6.45, 7) is 3.38. The molecule has 3 fully saturated rings. The van der Waals surface area contributed by atoms with Gasteiger partial charge in [0.1, 0.15) is 12.7 Å². The fourth-order valence-electron chi connectivity index (χ4n) is 3.23. The zero-order chi connectivity index (χ0) is 15.7. The predicted octanol–water partition coefficient (Wildman–Crippen LogP) is 1.44. The Bertz CT molecular complexity index is 483. The smallest absolute Gasteiger partial charge is 0.475 e. The number of alkyl halides is 3. The van der Waals surface area contributed by atoms with Gasteiger partial charge in [-0.25, -0.2) is 4.79 Å². The molecule has 2 saturated heterocycles. The molecular weight excluding hydrogens is 289 g/mol. The number of carboxylic acid groups (broad SMARTS) is 1. The molecule has 2 bridgehead atoms. The van der Waals surface area contributed by atoms with E-state index < -0.39 is 12.1 Å². The highest BCUT2D eigenvalue weighted by Crippen LogP contribution is 2.42. The molecule has 3 atom stereocenters. The van der Waals surface area contributed by atoms with Crippen LogP contribution >= 0.6 is 0 Å². The number of nitrogens with zero attached hydrogens (tertiary/aromatic N) is 3. The lowest BCUT2D eigenvalue weighted by atomic mass is 9.66. The third kappa shape index (κ3) is 3.93. The normalized spacial score (nSPS) is 30.9. The van der Waals surface area contributed by atoms with Crippen LogP contribution in [0.4, 0.5) is 13.2 Å². The Morgan fingerprint density at radius 2 is 1.95 bits per heavy atom. The van der Waals surface area contributed by atoms with E-state index in [-0.39, 0.29) is 0 Å². The van der Waals surface area contributed by atoms with Crippen molar-refractivity contribution in [3.63, 3.8) is 0 Å². The zero-order valence-corrected chi connectivity index (χ0v) is 11.5. The van der Waals surface area contributed by atoms with Crippen molar-refractivity contribution in [2.45, 2.75) is 50.5 Å². The van der Waals surface area contributed by atoms with Crippen LogP contribution in [-0.4, -0.2) is 43.6 Å². The van der Waals surface area contributed by atoms with Gasteiger partial charge >= 0.3 is 12.1 Å². The SMILES string of the molecule is CC1CC2CC(Cn3cnnc3)(C1)N2.O=C(O)C(F)(F)F. The van der Waals surface area contributed by atoms with Crippen LogP contribution in [0.25, 0.3) is 0 Å². The minimum Gasteiger partial charge on any atom is -0.475 e. The van der Waals surface area contributed by atoms with E-state index in [1.54, 1.807) is 0 Å². The molecule has 6 nitrogen and oxygen atoms in total. The number of nitrogens with one attached hydrogen (secondary N) is 1. The lowest BCUT2D eigenvalue weighted by molar-refractivity contribution is -0.192. The molecule has 118 valence electrons. The summed E-state index contributed by atoms with van der Waals surface area (Å²) in [5.41, 5.74) is 0.352. The molecule has 3 heterocycles. The first-order valence-electron chi connectivity index (χ1n) is 6.60. The van der Waals surface area contributed by atoms with E-state index in [1.807, 2.05) is 12.7 Å². The van der Waals surface area contributed by atoms with Gasteiger partial charge in [0.2, 0.25) is 0 Å². The molecule has 2 aliphatic heterocycles. The second kappa shape index (κ2) is 5.63. The standard InChI is InChI=1S/C10H16N4.C2HF3O2/c1-8-2-9-4-10(3-8,13-9)5-14-6-11-12-7-14;3-2(4,5)1(6)7/h6-9,13H,2-5H2,1H3;(H,6,7). The minimum absolute atomic E-state index is 0.352. The van der Waals surface area contributed by atoms with Crippen LogP contribution in [0.3, 0.4) is 0 Å². The van der Waals surface area contributed by atoms with Crippen molar-refractivity contribution in [2.75, 3.05) is 0 Å². The number of carbonyl (C=O) groups is 1. The number of hydrogen-bond acceptors (Lipinski definition) is 4. The van der Waals surface area contributed by atoms with Crippen molar-refractivity contribution in [1.82, 2.24) is 20.1 Å². The number of fused-ring (bicyclic) bond motifs is 2. The molecule has 0 aromatic carbocycles. The van der Waals surface area contributed by atoms with Gasteiger partial charge in [-0.3, -0.25) is 0 Å². The molecule has 9 heteroatoms. The van der Waals surface area contributed by atoms with Crippen molar-refractivity contribution in [1.29, 1.82) is 0 Å². The van der Waals surface area contributed by atoms with Gasteiger partial charge in [0.15, 0.2) is 0 Å². The van der Waals surface area contributed by atoms with Gasteiger partial charge in [0.25, 0.3) is 0 Å². The summed E-state index contributed by atoms with van der Waals surface area (Å²) in [6, 6.07) is 0.773. The molecule has 1 aromatic heterocycles. The second-order valence-corrected chi connectivity index (χ2v) is 5.81. The Balaban J connectivity index is 0.000000199. The summed E-state index contributed by atoms with van der Waals surface area (Å²) in [5, 5.41) is 18.5. The monoisotopic (exact) mass is 306 g/mol. The van der Waals surface area contributed by atoms with Crippen LogP contribution in [0, 0.1) is 5.92 Å². The van der Waals surface area contributed by atoms with Crippen LogP contribution in [0.15, 0.2) is 12.7 Å². The molecule has 4 rings (SSSR count). The van der Waals surface area contributed by atoms with Gasteiger partial charge in [0, 0.05) is 18.1 Å². The Morgan fingerprint density at radius 3 is 2.38 bits per heavy atom. The summed E-state index contributed by atoms with van der Waals surface area (Å²) in [7, 11) is 0. The Hall–Kier alpha value is -1.64. The summed E-state index contributed by atoms with van der Waals surface area (Å²) in [6.07, 6.45) is 2.51. The summed E-state index contributed by atoms with van der Waals surface area (Å²) >= 11 is 0. The Morgan fingerprint density at radius 1 is 1.43 bits per heavy atom. The minimum atomic E-state index is -5.08. The van der Waals surface area contributed by atoms with Crippen LogP contribution in [-0.2, 0) is 11.3 Å². The van der Waals surface area contributed by atoms with Crippen molar-refractivity contribution < 1.29 is 23.1 Å². The van der Waals surface area contributed by atoms with E-state index in [0.717, 1.165) is 18.5 Å². The number of carboxylic acids is 1. The van der Waals surface area contributed by atoms with Crippen LogP contribution < -0.4 is 5.32 Å². The molecule has 1 saturated carbocycles. The molecule has 1 aromatic rings. The van der Waals surface area contributed by atoms with Crippen molar-refractivity contribution in [2.24, 2.45) is 5.92 Å². The number of rotatable bonds is 2. The molecular formula is C12H17F3N4O2. The van der Waals surface area contributed by atoms with E-state index in [4.69, 9.17) is 9.90 Å². The Labute approximate surface area is 119 Å². The maximum atomic E-state index is 10.6. The number of hydrogen-bond donors (Lipinski definition) is 2. The lowest BCUT2D eigenvalue weighted by Crippen LogP contribution is -2.69. The molecule has 2 N–H and O–H groups in total. The maximum Gasteiger partial charge on any atom is 0.490 e. The highest BCUT2D eigenvalue weighted by Gasteiger charge is 2.48. The summed E-state index contributed by atoms with van der Waals surface area (Å²) in [5.74, 6) is -1.89. The largest absolute Gasteiger partial charge is 0.490 e. The predicted molar refractivity (Wildman–Crippen MR) is 66.4 cm³/mol. The molecule has 0 spiro atoms. The van der Waals surface area contributed by atoms with Crippen molar-refractivity contribution in [3.05, 3.63) is 12.7 Å². The van der Waals surface area contributed by atoms with E-state index in [9.17, 15) is 13.2 Å². The number of halogens is 3. The Kier molecular flexibility index (Phi) is 4.22. The molecule has 3 aliphatic rings. The highest BCUT2D eigenvalue weighted by molar-refractivity contribution is 5.73. The fraction of sp³-hybridized carbons (Fsp3) is 0.750. The number of piperidine rings is 1. The molecule has 21 heavy (non-hydrogen) atoms. The number of aliphatic carboxylic acids is 1. The molecule has 3 unspecified atom stereocenters. The third-order valence-corrected chi connectivity index (χ3v) is 3.77. The molecule has 0 amide bonds. The van der Waals surface area contributed by atoms with Gasteiger partial charge in [-0.05, 0) is 25.2 Å². The van der Waals surface area contributed by atoms with E-state index >= 15 is 0 Å². The van der Waals surface area contributed by atoms with E-state index in [1.165, 1.54) is 19.3 Å².